The summed E-state index contributed by atoms with van der Waals surface area (Å²) in [6.07, 6.45) is 3.71. The number of nitrogens with zero attached hydrogens (tertiary/aromatic N) is 2. The van der Waals surface area contributed by atoms with Gasteiger partial charge in [-0.25, -0.2) is 4.79 Å². The Morgan fingerprint density at radius 3 is 2.36 bits per heavy atom. The molecule has 6 heteroatoms. The lowest BCUT2D eigenvalue weighted by atomic mass is 9.86. The van der Waals surface area contributed by atoms with Gasteiger partial charge in [0.05, 0.1) is 16.6 Å². The Morgan fingerprint density at radius 2 is 1.61 bits per heavy atom. The van der Waals surface area contributed by atoms with Crippen LogP contribution in [0.5, 0.6) is 5.75 Å². The molecule has 184 valence electrons. The van der Waals surface area contributed by atoms with Crippen LogP contribution in [0.25, 0.3) is 11.0 Å². The molecule has 3 aromatic carbocycles. The number of rotatable bonds is 9. The van der Waals surface area contributed by atoms with E-state index in [1.807, 2.05) is 66.7 Å². The van der Waals surface area contributed by atoms with E-state index in [9.17, 15) is 9.90 Å². The Kier molecular flexibility index (Phi) is 7.43. The molecule has 1 aliphatic rings. The third-order valence-corrected chi connectivity index (χ3v) is 6.84. The number of likely N-dealkylation sites (tertiary alicyclic amines) is 1. The van der Waals surface area contributed by atoms with Gasteiger partial charge in [0, 0.05) is 24.6 Å². The maximum absolute atomic E-state index is 13.2. The maximum Gasteiger partial charge on any atom is 0.343 e. The van der Waals surface area contributed by atoms with Crippen molar-refractivity contribution >= 4 is 22.4 Å². The Bertz CT molecular complexity index is 1380. The lowest BCUT2D eigenvalue weighted by molar-refractivity contribution is 0.349. The fraction of sp³-hybridized carbons (Fsp3) is 0.267. The largest absolute Gasteiger partial charge is 0.507 e. The smallest absolute Gasteiger partial charge is 0.343 e. The molecule has 5 rings (SSSR count). The molecule has 1 aromatic heterocycles. The number of fused-ring (bicyclic) bond motifs is 1. The van der Waals surface area contributed by atoms with E-state index in [0.29, 0.717) is 17.4 Å². The van der Waals surface area contributed by atoms with Crippen LogP contribution in [0.4, 0.5) is 5.69 Å². The highest BCUT2D eigenvalue weighted by atomic mass is 16.4. The fourth-order valence-corrected chi connectivity index (χ4v) is 4.92. The molecule has 6 nitrogen and oxygen atoms in total. The molecule has 1 aliphatic heterocycles. The second kappa shape index (κ2) is 11.2. The van der Waals surface area contributed by atoms with Crippen molar-refractivity contribution in [1.29, 1.82) is 0 Å². The van der Waals surface area contributed by atoms with Crippen LogP contribution in [-0.4, -0.2) is 35.4 Å². The zero-order valence-corrected chi connectivity index (χ0v) is 20.3. The van der Waals surface area contributed by atoms with Crippen molar-refractivity contribution < 1.29 is 9.52 Å². The Balaban J connectivity index is 1.53. The van der Waals surface area contributed by atoms with E-state index < -0.39 is 11.5 Å². The van der Waals surface area contributed by atoms with E-state index in [0.717, 1.165) is 43.0 Å². The van der Waals surface area contributed by atoms with Crippen LogP contribution in [0, 0.1) is 0 Å². The number of hydrogen-bond donors (Lipinski definition) is 2. The van der Waals surface area contributed by atoms with E-state index >= 15 is 0 Å². The molecule has 0 saturated carbocycles. The van der Waals surface area contributed by atoms with Gasteiger partial charge in [0.2, 0.25) is 0 Å². The molecule has 0 unspecified atom stereocenters. The lowest BCUT2D eigenvalue weighted by Gasteiger charge is -2.21. The molecule has 0 spiro atoms. The van der Waals surface area contributed by atoms with E-state index in [1.165, 1.54) is 12.8 Å². The van der Waals surface area contributed by atoms with Gasteiger partial charge in [-0.1, -0.05) is 60.7 Å². The highest BCUT2D eigenvalue weighted by Crippen LogP contribution is 2.36. The van der Waals surface area contributed by atoms with Crippen molar-refractivity contribution in [3.05, 3.63) is 106 Å². The third kappa shape index (κ3) is 5.50. The molecule has 2 heterocycles. The first-order valence-electron chi connectivity index (χ1n) is 12.6. The van der Waals surface area contributed by atoms with Crippen LogP contribution in [0.1, 0.15) is 42.7 Å². The van der Waals surface area contributed by atoms with Gasteiger partial charge in [0.25, 0.3) is 0 Å². The van der Waals surface area contributed by atoms with Crippen molar-refractivity contribution in [1.82, 2.24) is 4.90 Å². The average Bonchev–Trinajstić information content (AvgIpc) is 3.44. The topological polar surface area (TPSA) is 78.1 Å². The Hall–Kier alpha value is -3.90. The predicted molar refractivity (Wildman–Crippen MR) is 145 cm³/mol. The van der Waals surface area contributed by atoms with Crippen molar-refractivity contribution in [2.24, 2.45) is 5.10 Å². The summed E-state index contributed by atoms with van der Waals surface area (Å²) in [5.41, 5.74) is 6.10. The maximum atomic E-state index is 13.2. The first-order valence-corrected chi connectivity index (χ1v) is 12.6. The van der Waals surface area contributed by atoms with Crippen molar-refractivity contribution in [3.8, 4) is 5.75 Å². The second-order valence-corrected chi connectivity index (χ2v) is 9.27. The normalized spacial score (nSPS) is 15.3. The second-order valence-electron chi connectivity index (χ2n) is 9.27. The Morgan fingerprint density at radius 1 is 0.944 bits per heavy atom. The van der Waals surface area contributed by atoms with Gasteiger partial charge in [0.1, 0.15) is 11.3 Å². The van der Waals surface area contributed by atoms with Crippen molar-refractivity contribution in [2.75, 3.05) is 25.1 Å². The first-order chi connectivity index (χ1) is 17.7. The molecular formula is C30H31N3O3. The standard InChI is InChI=1S/C30H31N3O3/c34-29-25-15-7-8-16-27(25)36-30(35)28(29)26(22-11-3-1-4-12-22)21-24(17-20-33-18-9-10-19-33)32-31-23-13-5-2-6-14-23/h1-8,11-16,26,31,34H,9-10,17-21H2/b32-24+/t26-/m1/s1. The van der Waals surface area contributed by atoms with E-state index in [2.05, 4.69) is 10.3 Å². The molecule has 0 radical (unpaired) electrons. The first kappa shape index (κ1) is 23.8. The molecule has 1 fully saturated rings. The lowest BCUT2D eigenvalue weighted by Crippen LogP contribution is -2.24. The minimum Gasteiger partial charge on any atom is -0.507 e. The van der Waals surface area contributed by atoms with Gasteiger partial charge in [-0.3, -0.25) is 5.43 Å². The Labute approximate surface area is 210 Å². The minimum atomic E-state index is -0.519. The molecule has 1 atom stereocenters. The zero-order valence-electron chi connectivity index (χ0n) is 20.3. The summed E-state index contributed by atoms with van der Waals surface area (Å²) < 4.78 is 5.65. The zero-order chi connectivity index (χ0) is 24.7. The number of hydrazone groups is 1. The van der Waals surface area contributed by atoms with Gasteiger partial charge < -0.3 is 14.4 Å². The van der Waals surface area contributed by atoms with E-state index in [-0.39, 0.29) is 11.3 Å². The van der Waals surface area contributed by atoms with Crippen molar-refractivity contribution in [2.45, 2.75) is 31.6 Å². The summed E-state index contributed by atoms with van der Waals surface area (Å²) in [5.74, 6) is -0.424. The van der Waals surface area contributed by atoms with Gasteiger partial charge >= 0.3 is 5.63 Å². The summed E-state index contributed by atoms with van der Waals surface area (Å²) in [4.78, 5) is 15.7. The summed E-state index contributed by atoms with van der Waals surface area (Å²) in [7, 11) is 0. The molecule has 4 aromatic rings. The quantitative estimate of drug-likeness (QED) is 0.175. The molecule has 0 bridgehead atoms. The molecule has 2 N–H and O–H groups in total. The number of nitrogens with one attached hydrogen (secondary N) is 1. The number of aromatic hydroxyl groups is 1. The fourth-order valence-electron chi connectivity index (χ4n) is 4.92. The van der Waals surface area contributed by atoms with Crippen LogP contribution in [0.2, 0.25) is 0 Å². The van der Waals surface area contributed by atoms with Crippen LogP contribution < -0.4 is 11.1 Å². The number of hydrogen-bond acceptors (Lipinski definition) is 6. The van der Waals surface area contributed by atoms with E-state index in [4.69, 9.17) is 9.52 Å². The van der Waals surface area contributed by atoms with Crippen LogP contribution in [0.15, 0.2) is 99.2 Å². The summed E-state index contributed by atoms with van der Waals surface area (Å²) in [5, 5.41) is 16.6. The molecule has 0 aliphatic carbocycles. The summed E-state index contributed by atoms with van der Waals surface area (Å²) >= 11 is 0. The van der Waals surface area contributed by atoms with Crippen molar-refractivity contribution in [3.63, 3.8) is 0 Å². The number of para-hydroxylation sites is 2. The summed E-state index contributed by atoms with van der Waals surface area (Å²) in [6.45, 7) is 3.13. The van der Waals surface area contributed by atoms with Gasteiger partial charge in [-0.2, -0.15) is 5.10 Å². The van der Waals surface area contributed by atoms with Crippen LogP contribution >= 0.6 is 0 Å². The average molecular weight is 482 g/mol. The van der Waals surface area contributed by atoms with E-state index in [1.54, 1.807) is 18.2 Å². The molecular weight excluding hydrogens is 450 g/mol. The minimum absolute atomic E-state index is 0.0226. The highest BCUT2D eigenvalue weighted by molar-refractivity contribution is 5.88. The number of benzene rings is 3. The summed E-state index contributed by atoms with van der Waals surface area (Å²) in [6, 6.07) is 26.8. The molecule has 0 amide bonds. The SMILES string of the molecule is O=c1oc2ccccc2c(O)c1[C@H](C/C(CCN1CCCC1)=N/Nc1ccccc1)c1ccccc1. The third-order valence-electron chi connectivity index (χ3n) is 6.84. The number of anilines is 1. The predicted octanol–water partition coefficient (Wildman–Crippen LogP) is 5.97. The van der Waals surface area contributed by atoms with Gasteiger partial charge in [-0.05, 0) is 62.2 Å². The van der Waals surface area contributed by atoms with Gasteiger partial charge in [0.15, 0.2) is 0 Å². The van der Waals surface area contributed by atoms with Crippen LogP contribution in [-0.2, 0) is 0 Å². The van der Waals surface area contributed by atoms with Gasteiger partial charge in [-0.15, -0.1) is 0 Å². The molecule has 1 saturated heterocycles. The molecule has 36 heavy (non-hydrogen) atoms. The highest BCUT2D eigenvalue weighted by Gasteiger charge is 2.26. The van der Waals surface area contributed by atoms with Crippen LogP contribution in [0.3, 0.4) is 0 Å². The monoisotopic (exact) mass is 481 g/mol.